The number of halogens is 2. The predicted molar refractivity (Wildman–Crippen MR) is 63.8 cm³/mol. The van der Waals surface area contributed by atoms with Crippen LogP contribution in [0.2, 0.25) is 5.02 Å². The van der Waals surface area contributed by atoms with Crippen molar-refractivity contribution in [1.82, 2.24) is 5.32 Å². The van der Waals surface area contributed by atoms with E-state index in [-0.39, 0.29) is 6.03 Å². The van der Waals surface area contributed by atoms with Gasteiger partial charge in [0.2, 0.25) is 0 Å². The number of benzene rings is 1. The van der Waals surface area contributed by atoms with Crippen LogP contribution in [0.4, 0.5) is 14.9 Å². The molecule has 3 nitrogen and oxygen atoms in total. The fraction of sp³-hybridized carbons (Fsp3) is 0.364. The zero-order valence-corrected chi connectivity index (χ0v) is 9.77. The third-order valence-electron chi connectivity index (χ3n) is 2.06. The number of hydrogen-bond acceptors (Lipinski definition) is 1. The molecule has 0 saturated heterocycles. The van der Waals surface area contributed by atoms with Crippen LogP contribution in [0.25, 0.3) is 0 Å². The maximum Gasteiger partial charge on any atom is 0.319 e. The molecule has 0 atom stereocenters. The number of carbonyl (C=O) groups excluding carboxylic acids is 1. The van der Waals surface area contributed by atoms with Gasteiger partial charge in [0.1, 0.15) is 0 Å². The van der Waals surface area contributed by atoms with Crippen molar-refractivity contribution in [2.24, 2.45) is 0 Å². The molecule has 2 amide bonds. The lowest BCUT2D eigenvalue weighted by molar-refractivity contribution is 0.251. The summed E-state index contributed by atoms with van der Waals surface area (Å²) in [6.07, 6.45) is 0.314. The lowest BCUT2D eigenvalue weighted by Gasteiger charge is -2.10. The summed E-state index contributed by atoms with van der Waals surface area (Å²) in [7, 11) is 0. The lowest BCUT2D eigenvalue weighted by Crippen LogP contribution is -2.30. The van der Waals surface area contributed by atoms with E-state index in [9.17, 15) is 9.18 Å². The molecular formula is C11H14ClFN2O. The molecule has 1 aromatic carbocycles. The van der Waals surface area contributed by atoms with E-state index in [2.05, 4.69) is 10.6 Å². The van der Waals surface area contributed by atoms with E-state index in [1.54, 1.807) is 6.07 Å². The molecule has 0 fully saturated rings. The summed E-state index contributed by atoms with van der Waals surface area (Å²) in [6.45, 7) is 1.72. The van der Waals surface area contributed by atoms with Gasteiger partial charge in [0.15, 0.2) is 0 Å². The highest BCUT2D eigenvalue weighted by Gasteiger charge is 2.07. The van der Waals surface area contributed by atoms with Crippen LogP contribution in [0.3, 0.4) is 0 Å². The Bertz CT molecular complexity index is 351. The molecule has 1 aromatic rings. The Morgan fingerprint density at radius 2 is 2.25 bits per heavy atom. The number of anilines is 1. The first kappa shape index (κ1) is 12.8. The number of hydrogen-bond donors (Lipinski definition) is 2. The van der Waals surface area contributed by atoms with Crippen LogP contribution in [-0.4, -0.2) is 19.3 Å². The zero-order valence-electron chi connectivity index (χ0n) is 9.02. The van der Waals surface area contributed by atoms with Gasteiger partial charge in [-0.05, 0) is 25.0 Å². The van der Waals surface area contributed by atoms with Crippen LogP contribution < -0.4 is 10.6 Å². The average Bonchev–Trinajstić information content (AvgIpc) is 2.24. The summed E-state index contributed by atoms with van der Waals surface area (Å²) in [5.74, 6) is 0. The number of carbonyl (C=O) groups is 1. The first-order valence-corrected chi connectivity index (χ1v) is 5.39. The highest BCUT2D eigenvalue weighted by atomic mass is 35.5. The minimum absolute atomic E-state index is 0.311. The first-order valence-electron chi connectivity index (χ1n) is 5.01. The quantitative estimate of drug-likeness (QED) is 0.785. The molecule has 0 aromatic heterocycles. The fourth-order valence-corrected chi connectivity index (χ4v) is 1.49. The van der Waals surface area contributed by atoms with Crippen LogP contribution in [0.5, 0.6) is 0 Å². The second-order valence-electron chi connectivity index (χ2n) is 3.36. The van der Waals surface area contributed by atoms with Crippen LogP contribution in [-0.2, 0) is 0 Å². The van der Waals surface area contributed by atoms with E-state index in [1.807, 2.05) is 19.1 Å². The molecule has 0 saturated carbocycles. The summed E-state index contributed by atoms with van der Waals surface area (Å²) in [4.78, 5) is 11.4. The van der Waals surface area contributed by atoms with Crippen molar-refractivity contribution < 1.29 is 9.18 Å². The summed E-state index contributed by atoms with van der Waals surface area (Å²) in [5, 5.41) is 5.66. The highest BCUT2D eigenvalue weighted by molar-refractivity contribution is 6.33. The number of amides is 2. The van der Waals surface area contributed by atoms with E-state index >= 15 is 0 Å². The Morgan fingerprint density at radius 3 is 2.88 bits per heavy atom. The van der Waals surface area contributed by atoms with Gasteiger partial charge < -0.3 is 10.6 Å². The Balaban J connectivity index is 2.56. The molecule has 0 spiro atoms. The summed E-state index contributed by atoms with van der Waals surface area (Å²) in [5.41, 5.74) is 1.47. The molecule has 1 rings (SSSR count). The normalized spacial score (nSPS) is 9.94. The van der Waals surface area contributed by atoms with Gasteiger partial charge >= 0.3 is 6.03 Å². The number of nitrogens with one attached hydrogen (secondary N) is 2. The molecule has 0 heterocycles. The summed E-state index contributed by atoms with van der Waals surface area (Å²) in [6, 6.07) is 4.99. The van der Waals surface area contributed by atoms with Crippen LogP contribution in [0, 0.1) is 6.92 Å². The number of aryl methyl sites for hydroxylation is 1. The maximum atomic E-state index is 11.8. The van der Waals surface area contributed by atoms with Gasteiger partial charge in [0.25, 0.3) is 0 Å². The smallest absolute Gasteiger partial charge is 0.319 e. The van der Waals surface area contributed by atoms with E-state index in [4.69, 9.17) is 11.6 Å². The summed E-state index contributed by atoms with van der Waals surface area (Å²) >= 11 is 5.93. The fourth-order valence-electron chi connectivity index (χ4n) is 1.22. The standard InChI is InChI=1S/C11H14ClFN2O/c1-8-4-2-5-9(12)10(8)15-11(16)14-7-3-6-13/h2,4-5H,3,6-7H2,1H3,(H2,14,15,16). The topological polar surface area (TPSA) is 41.1 Å². The number of urea groups is 1. The minimum atomic E-state index is -0.439. The van der Waals surface area contributed by atoms with Gasteiger partial charge in [0.05, 0.1) is 17.4 Å². The van der Waals surface area contributed by atoms with Gasteiger partial charge in [-0.25, -0.2) is 4.79 Å². The molecule has 0 unspecified atom stereocenters. The zero-order chi connectivity index (χ0) is 12.0. The molecule has 0 aliphatic heterocycles. The van der Waals surface area contributed by atoms with Crippen LogP contribution >= 0.6 is 11.6 Å². The van der Waals surface area contributed by atoms with Crippen molar-refractivity contribution in [3.63, 3.8) is 0 Å². The van der Waals surface area contributed by atoms with Gasteiger partial charge in [-0.15, -0.1) is 0 Å². The SMILES string of the molecule is Cc1cccc(Cl)c1NC(=O)NCCCF. The van der Waals surface area contributed by atoms with Crippen molar-refractivity contribution in [3.8, 4) is 0 Å². The maximum absolute atomic E-state index is 11.8. The molecule has 0 radical (unpaired) electrons. The Labute approximate surface area is 99.0 Å². The van der Waals surface area contributed by atoms with E-state index < -0.39 is 6.67 Å². The number of rotatable bonds is 4. The Morgan fingerprint density at radius 1 is 1.50 bits per heavy atom. The second-order valence-corrected chi connectivity index (χ2v) is 3.76. The van der Waals surface area contributed by atoms with Gasteiger partial charge in [0, 0.05) is 6.54 Å². The lowest BCUT2D eigenvalue weighted by atomic mass is 10.2. The van der Waals surface area contributed by atoms with Crippen molar-refractivity contribution in [2.45, 2.75) is 13.3 Å². The van der Waals surface area contributed by atoms with E-state index in [0.717, 1.165) is 5.56 Å². The third-order valence-corrected chi connectivity index (χ3v) is 2.37. The molecule has 0 aliphatic rings. The molecule has 16 heavy (non-hydrogen) atoms. The highest BCUT2D eigenvalue weighted by Crippen LogP contribution is 2.24. The van der Waals surface area contributed by atoms with E-state index in [0.29, 0.717) is 23.7 Å². The Kier molecular flexibility index (Phi) is 5.05. The molecule has 2 N–H and O–H groups in total. The Hall–Kier alpha value is -1.29. The van der Waals surface area contributed by atoms with Crippen molar-refractivity contribution in [1.29, 1.82) is 0 Å². The molecule has 0 aliphatic carbocycles. The average molecular weight is 245 g/mol. The molecular weight excluding hydrogens is 231 g/mol. The van der Waals surface area contributed by atoms with Crippen molar-refractivity contribution in [2.75, 3.05) is 18.5 Å². The molecule has 0 bridgehead atoms. The van der Waals surface area contributed by atoms with Crippen LogP contribution in [0.15, 0.2) is 18.2 Å². The molecule has 88 valence electrons. The van der Waals surface area contributed by atoms with E-state index in [1.165, 1.54) is 0 Å². The predicted octanol–water partition coefficient (Wildman–Crippen LogP) is 3.13. The first-order chi connectivity index (χ1) is 7.65. The van der Waals surface area contributed by atoms with Gasteiger partial charge in [-0.2, -0.15) is 0 Å². The monoisotopic (exact) mass is 244 g/mol. The van der Waals surface area contributed by atoms with Gasteiger partial charge in [-0.1, -0.05) is 23.7 Å². The van der Waals surface area contributed by atoms with Crippen LogP contribution in [0.1, 0.15) is 12.0 Å². The summed E-state index contributed by atoms with van der Waals surface area (Å²) < 4.78 is 11.8. The van der Waals surface area contributed by atoms with Crippen molar-refractivity contribution in [3.05, 3.63) is 28.8 Å². The third kappa shape index (κ3) is 3.70. The molecule has 5 heteroatoms. The number of alkyl halides is 1. The second kappa shape index (κ2) is 6.33. The number of para-hydroxylation sites is 1. The van der Waals surface area contributed by atoms with Gasteiger partial charge in [-0.3, -0.25) is 4.39 Å². The van der Waals surface area contributed by atoms with Crippen molar-refractivity contribution >= 4 is 23.3 Å². The largest absolute Gasteiger partial charge is 0.338 e. The minimum Gasteiger partial charge on any atom is -0.338 e.